The highest BCUT2D eigenvalue weighted by Crippen LogP contribution is 2.17. The van der Waals surface area contributed by atoms with Gasteiger partial charge in [0.1, 0.15) is 12.8 Å². The largest absolute Gasteiger partial charge is 0.468 e. The molecule has 0 saturated heterocycles. The molecule has 0 amide bonds. The van der Waals surface area contributed by atoms with Crippen LogP contribution in [0.4, 0.5) is 0 Å². The smallest absolute Gasteiger partial charge is 0.325 e. The number of hydrogen-bond donors (Lipinski definition) is 0. The number of fused-ring (bicyclic) bond motifs is 1. The van der Waals surface area contributed by atoms with Crippen LogP contribution in [0, 0.1) is 0 Å². The number of hydrogen-bond acceptors (Lipinski definition) is 3. The van der Waals surface area contributed by atoms with E-state index in [1.54, 1.807) is 22.9 Å². The SMILES string of the molecule is COC(=O)Cn1ccc2cc(C=O)ccc21. The lowest BCUT2D eigenvalue weighted by atomic mass is 10.2. The zero-order valence-electron chi connectivity index (χ0n) is 8.84. The predicted octanol–water partition coefficient (Wildman–Crippen LogP) is 1.63. The summed E-state index contributed by atoms with van der Waals surface area (Å²) in [6.45, 7) is 0.181. The highest BCUT2D eigenvalue weighted by Gasteiger charge is 2.06. The van der Waals surface area contributed by atoms with Gasteiger partial charge in [0.2, 0.25) is 0 Å². The number of nitrogens with zero attached hydrogens (tertiary/aromatic N) is 1. The number of carbonyl (C=O) groups excluding carboxylic acids is 2. The van der Waals surface area contributed by atoms with Crippen LogP contribution in [0.15, 0.2) is 30.5 Å². The van der Waals surface area contributed by atoms with Crippen molar-refractivity contribution < 1.29 is 14.3 Å². The van der Waals surface area contributed by atoms with Crippen LogP contribution in [0.2, 0.25) is 0 Å². The molecule has 4 nitrogen and oxygen atoms in total. The van der Waals surface area contributed by atoms with Crippen molar-refractivity contribution in [2.75, 3.05) is 7.11 Å². The molecule has 0 fully saturated rings. The Balaban J connectivity index is 2.41. The molecule has 0 N–H and O–H groups in total. The van der Waals surface area contributed by atoms with Crippen molar-refractivity contribution in [3.8, 4) is 0 Å². The van der Waals surface area contributed by atoms with Gasteiger partial charge in [-0.25, -0.2) is 0 Å². The topological polar surface area (TPSA) is 48.3 Å². The van der Waals surface area contributed by atoms with Gasteiger partial charge in [0.15, 0.2) is 0 Å². The molecule has 1 aromatic carbocycles. The maximum Gasteiger partial charge on any atom is 0.325 e. The number of benzene rings is 1. The standard InChI is InChI=1S/C12H11NO3/c1-16-12(15)7-13-5-4-10-6-9(8-14)2-3-11(10)13/h2-6,8H,7H2,1H3. The van der Waals surface area contributed by atoms with E-state index < -0.39 is 0 Å². The van der Waals surface area contributed by atoms with Gasteiger partial charge in [0, 0.05) is 22.7 Å². The Kier molecular flexibility index (Phi) is 2.72. The number of carbonyl (C=O) groups is 2. The van der Waals surface area contributed by atoms with Crippen LogP contribution >= 0.6 is 0 Å². The molecular weight excluding hydrogens is 206 g/mol. The van der Waals surface area contributed by atoms with Crippen LogP contribution in [0.3, 0.4) is 0 Å². The van der Waals surface area contributed by atoms with Crippen LogP contribution in [0.1, 0.15) is 10.4 Å². The van der Waals surface area contributed by atoms with Crippen LogP contribution in [-0.4, -0.2) is 23.9 Å². The second-order valence-corrected chi connectivity index (χ2v) is 3.46. The number of aromatic nitrogens is 1. The Morgan fingerprint density at radius 1 is 1.44 bits per heavy atom. The lowest BCUT2D eigenvalue weighted by molar-refractivity contribution is -0.141. The van der Waals surface area contributed by atoms with Gasteiger partial charge in [-0.3, -0.25) is 9.59 Å². The van der Waals surface area contributed by atoms with Crippen molar-refractivity contribution >= 4 is 23.2 Å². The van der Waals surface area contributed by atoms with E-state index in [0.717, 1.165) is 17.2 Å². The molecule has 0 unspecified atom stereocenters. The summed E-state index contributed by atoms with van der Waals surface area (Å²) >= 11 is 0. The van der Waals surface area contributed by atoms with Gasteiger partial charge in [0.05, 0.1) is 7.11 Å². The lowest BCUT2D eigenvalue weighted by Crippen LogP contribution is -2.10. The van der Waals surface area contributed by atoms with Crippen molar-refractivity contribution in [2.45, 2.75) is 6.54 Å². The molecule has 4 heteroatoms. The fourth-order valence-electron chi connectivity index (χ4n) is 1.63. The van der Waals surface area contributed by atoms with Crippen molar-refractivity contribution in [3.63, 3.8) is 0 Å². The van der Waals surface area contributed by atoms with Gasteiger partial charge in [-0.05, 0) is 24.3 Å². The van der Waals surface area contributed by atoms with Crippen LogP contribution in [-0.2, 0) is 16.1 Å². The van der Waals surface area contributed by atoms with E-state index in [1.165, 1.54) is 7.11 Å². The molecule has 0 aliphatic heterocycles. The van der Waals surface area contributed by atoms with Gasteiger partial charge in [0.25, 0.3) is 0 Å². The summed E-state index contributed by atoms with van der Waals surface area (Å²) in [5.41, 5.74) is 1.54. The van der Waals surface area contributed by atoms with Gasteiger partial charge in [-0.2, -0.15) is 0 Å². The third-order valence-corrected chi connectivity index (χ3v) is 2.46. The highest BCUT2D eigenvalue weighted by atomic mass is 16.5. The van der Waals surface area contributed by atoms with Crippen molar-refractivity contribution in [2.24, 2.45) is 0 Å². The highest BCUT2D eigenvalue weighted by molar-refractivity contribution is 5.88. The zero-order valence-corrected chi connectivity index (χ0v) is 8.84. The molecular formula is C12H11NO3. The fourth-order valence-corrected chi connectivity index (χ4v) is 1.63. The Labute approximate surface area is 92.4 Å². The Hall–Kier alpha value is -2.10. The van der Waals surface area contributed by atoms with E-state index in [9.17, 15) is 9.59 Å². The molecule has 82 valence electrons. The minimum atomic E-state index is -0.294. The summed E-state index contributed by atoms with van der Waals surface area (Å²) in [6.07, 6.45) is 2.60. The van der Waals surface area contributed by atoms with Gasteiger partial charge >= 0.3 is 5.97 Å². The lowest BCUT2D eigenvalue weighted by Gasteiger charge is -2.03. The van der Waals surface area contributed by atoms with Crippen molar-refractivity contribution in [3.05, 3.63) is 36.0 Å². The van der Waals surface area contributed by atoms with E-state index in [2.05, 4.69) is 4.74 Å². The Morgan fingerprint density at radius 3 is 2.94 bits per heavy atom. The minimum Gasteiger partial charge on any atom is -0.468 e. The molecule has 2 rings (SSSR count). The molecule has 16 heavy (non-hydrogen) atoms. The fraction of sp³-hybridized carbons (Fsp3) is 0.167. The van der Waals surface area contributed by atoms with E-state index >= 15 is 0 Å². The molecule has 0 radical (unpaired) electrons. The summed E-state index contributed by atoms with van der Waals surface area (Å²) < 4.78 is 6.39. The van der Waals surface area contributed by atoms with Gasteiger partial charge in [-0.15, -0.1) is 0 Å². The molecule has 0 atom stereocenters. The average Bonchev–Trinajstić information content (AvgIpc) is 2.71. The third-order valence-electron chi connectivity index (χ3n) is 2.46. The minimum absolute atomic E-state index is 0.181. The van der Waals surface area contributed by atoms with Crippen LogP contribution < -0.4 is 0 Å². The first-order valence-electron chi connectivity index (χ1n) is 4.85. The first kappa shape index (κ1) is 10.4. The van der Waals surface area contributed by atoms with Crippen molar-refractivity contribution in [1.82, 2.24) is 4.57 Å². The van der Waals surface area contributed by atoms with Gasteiger partial charge < -0.3 is 9.30 Å². The summed E-state index contributed by atoms with van der Waals surface area (Å²) in [7, 11) is 1.36. The number of rotatable bonds is 3. The quantitative estimate of drug-likeness (QED) is 0.580. The van der Waals surface area contributed by atoms with E-state index in [-0.39, 0.29) is 12.5 Å². The number of ether oxygens (including phenoxy) is 1. The Morgan fingerprint density at radius 2 is 2.25 bits per heavy atom. The number of esters is 1. The summed E-state index contributed by atoms with van der Waals surface area (Å²) in [6, 6.07) is 7.20. The molecule has 0 aliphatic rings. The van der Waals surface area contributed by atoms with E-state index in [0.29, 0.717) is 5.56 Å². The Bertz CT molecular complexity index is 542. The third kappa shape index (κ3) is 1.82. The molecule has 1 heterocycles. The number of methoxy groups -OCH3 is 1. The number of aldehydes is 1. The molecule has 0 spiro atoms. The first-order chi connectivity index (χ1) is 7.74. The van der Waals surface area contributed by atoms with Crippen LogP contribution in [0.5, 0.6) is 0 Å². The summed E-state index contributed by atoms with van der Waals surface area (Å²) in [5, 5.41) is 0.938. The molecule has 1 aromatic heterocycles. The zero-order chi connectivity index (χ0) is 11.5. The maximum absolute atomic E-state index is 11.1. The molecule has 0 saturated carbocycles. The second-order valence-electron chi connectivity index (χ2n) is 3.46. The monoisotopic (exact) mass is 217 g/mol. The van der Waals surface area contributed by atoms with Gasteiger partial charge in [-0.1, -0.05) is 0 Å². The summed E-state index contributed by atoms with van der Waals surface area (Å²) in [5.74, 6) is -0.294. The second kappa shape index (κ2) is 4.18. The molecule has 2 aromatic rings. The van der Waals surface area contributed by atoms with E-state index in [4.69, 9.17) is 0 Å². The predicted molar refractivity (Wildman–Crippen MR) is 59.3 cm³/mol. The normalized spacial score (nSPS) is 10.3. The molecule has 0 aliphatic carbocycles. The average molecular weight is 217 g/mol. The summed E-state index contributed by atoms with van der Waals surface area (Å²) in [4.78, 5) is 21.7. The maximum atomic E-state index is 11.1. The first-order valence-corrected chi connectivity index (χ1v) is 4.85. The van der Waals surface area contributed by atoms with Crippen LogP contribution in [0.25, 0.3) is 10.9 Å². The van der Waals surface area contributed by atoms with E-state index in [1.807, 2.05) is 12.1 Å². The molecule has 0 bridgehead atoms. The van der Waals surface area contributed by atoms with Crippen molar-refractivity contribution in [1.29, 1.82) is 0 Å².